The van der Waals surface area contributed by atoms with Crippen molar-refractivity contribution >= 4 is 0 Å². The van der Waals surface area contributed by atoms with E-state index in [1.807, 2.05) is 0 Å². The third-order valence-electron chi connectivity index (χ3n) is 4.67. The van der Waals surface area contributed by atoms with E-state index in [0.29, 0.717) is 5.41 Å². The maximum absolute atomic E-state index is 3.66. The van der Waals surface area contributed by atoms with Crippen LogP contribution >= 0.6 is 0 Å². The van der Waals surface area contributed by atoms with Crippen molar-refractivity contribution in [2.24, 2.45) is 17.3 Å². The predicted octanol–water partition coefficient (Wildman–Crippen LogP) is 3.77. The SMILES string of the molecule is CCC(C)(CNCC(C)C)CN1CCCC(C)CC1. The number of hydrogen-bond donors (Lipinski definition) is 1. The first-order valence-corrected chi connectivity index (χ1v) is 8.38. The van der Waals surface area contributed by atoms with E-state index >= 15 is 0 Å². The molecule has 1 aliphatic heterocycles. The van der Waals surface area contributed by atoms with Gasteiger partial charge in [-0.2, -0.15) is 0 Å². The summed E-state index contributed by atoms with van der Waals surface area (Å²) >= 11 is 0. The zero-order valence-corrected chi connectivity index (χ0v) is 14.0. The fourth-order valence-corrected chi connectivity index (χ4v) is 2.98. The zero-order valence-electron chi connectivity index (χ0n) is 14.0. The molecule has 2 atom stereocenters. The molecular formula is C17H36N2. The minimum atomic E-state index is 0.433. The van der Waals surface area contributed by atoms with Crippen molar-refractivity contribution in [2.75, 3.05) is 32.7 Å². The summed E-state index contributed by atoms with van der Waals surface area (Å²) in [6.45, 7) is 18.0. The predicted molar refractivity (Wildman–Crippen MR) is 85.6 cm³/mol. The first-order chi connectivity index (χ1) is 8.95. The molecule has 19 heavy (non-hydrogen) atoms. The average Bonchev–Trinajstić information content (AvgIpc) is 2.54. The highest BCUT2D eigenvalue weighted by atomic mass is 15.1. The van der Waals surface area contributed by atoms with Gasteiger partial charge in [0, 0.05) is 13.1 Å². The van der Waals surface area contributed by atoms with E-state index in [4.69, 9.17) is 0 Å². The molecule has 0 saturated carbocycles. The summed E-state index contributed by atoms with van der Waals surface area (Å²) in [7, 11) is 0. The Morgan fingerprint density at radius 1 is 1.26 bits per heavy atom. The van der Waals surface area contributed by atoms with Gasteiger partial charge in [0.1, 0.15) is 0 Å². The van der Waals surface area contributed by atoms with E-state index in [1.165, 1.54) is 45.3 Å². The molecule has 1 N–H and O–H groups in total. The van der Waals surface area contributed by atoms with Crippen LogP contribution in [0.15, 0.2) is 0 Å². The molecule has 0 spiro atoms. The van der Waals surface area contributed by atoms with Crippen molar-refractivity contribution in [1.82, 2.24) is 10.2 Å². The van der Waals surface area contributed by atoms with Crippen LogP contribution in [0, 0.1) is 17.3 Å². The Labute approximate surface area is 121 Å². The molecule has 1 rings (SSSR count). The van der Waals surface area contributed by atoms with Crippen molar-refractivity contribution < 1.29 is 0 Å². The second-order valence-electron chi connectivity index (χ2n) is 7.50. The fraction of sp³-hybridized carbons (Fsp3) is 1.00. The molecule has 2 unspecified atom stereocenters. The van der Waals surface area contributed by atoms with Gasteiger partial charge in [0.2, 0.25) is 0 Å². The molecule has 0 aromatic rings. The van der Waals surface area contributed by atoms with E-state index in [1.54, 1.807) is 0 Å². The Hall–Kier alpha value is -0.0800. The van der Waals surface area contributed by atoms with Gasteiger partial charge in [0.25, 0.3) is 0 Å². The lowest BCUT2D eigenvalue weighted by Crippen LogP contribution is -2.43. The summed E-state index contributed by atoms with van der Waals surface area (Å²) in [5.41, 5.74) is 0.433. The molecule has 0 aliphatic carbocycles. The molecule has 2 heteroatoms. The smallest absolute Gasteiger partial charge is 0.00474 e. The lowest BCUT2D eigenvalue weighted by atomic mass is 9.86. The van der Waals surface area contributed by atoms with Gasteiger partial charge in [-0.3, -0.25) is 0 Å². The molecule has 1 heterocycles. The van der Waals surface area contributed by atoms with Gasteiger partial charge in [-0.1, -0.05) is 34.6 Å². The van der Waals surface area contributed by atoms with Gasteiger partial charge in [-0.25, -0.2) is 0 Å². The largest absolute Gasteiger partial charge is 0.316 e. The maximum atomic E-state index is 3.66. The lowest BCUT2D eigenvalue weighted by molar-refractivity contribution is 0.157. The molecule has 1 fully saturated rings. The summed E-state index contributed by atoms with van der Waals surface area (Å²) in [5.74, 6) is 1.68. The van der Waals surface area contributed by atoms with Crippen LogP contribution in [0.25, 0.3) is 0 Å². The Balaban J connectivity index is 2.40. The van der Waals surface area contributed by atoms with E-state index in [2.05, 4.69) is 44.8 Å². The van der Waals surface area contributed by atoms with Crippen LogP contribution < -0.4 is 5.32 Å². The van der Waals surface area contributed by atoms with Gasteiger partial charge in [0.05, 0.1) is 0 Å². The zero-order chi connectivity index (χ0) is 14.3. The van der Waals surface area contributed by atoms with E-state index in [-0.39, 0.29) is 0 Å². The first-order valence-electron chi connectivity index (χ1n) is 8.38. The van der Waals surface area contributed by atoms with Crippen LogP contribution in [0.3, 0.4) is 0 Å². The summed E-state index contributed by atoms with van der Waals surface area (Å²) in [5, 5.41) is 3.66. The number of hydrogen-bond acceptors (Lipinski definition) is 2. The van der Waals surface area contributed by atoms with Crippen LogP contribution in [-0.4, -0.2) is 37.6 Å². The molecule has 0 radical (unpaired) electrons. The highest BCUT2D eigenvalue weighted by Gasteiger charge is 2.26. The molecule has 114 valence electrons. The van der Waals surface area contributed by atoms with Crippen LogP contribution in [0.5, 0.6) is 0 Å². The molecule has 0 bridgehead atoms. The molecular weight excluding hydrogens is 232 g/mol. The Morgan fingerprint density at radius 3 is 2.63 bits per heavy atom. The maximum Gasteiger partial charge on any atom is 0.00474 e. The first kappa shape index (κ1) is 17.0. The van der Waals surface area contributed by atoms with E-state index in [0.717, 1.165) is 24.9 Å². The van der Waals surface area contributed by atoms with Gasteiger partial charge in [-0.05, 0) is 62.6 Å². The van der Waals surface area contributed by atoms with E-state index in [9.17, 15) is 0 Å². The van der Waals surface area contributed by atoms with Crippen molar-refractivity contribution in [2.45, 2.75) is 60.3 Å². The second-order valence-corrected chi connectivity index (χ2v) is 7.50. The molecule has 0 aromatic carbocycles. The fourth-order valence-electron chi connectivity index (χ4n) is 2.98. The molecule has 2 nitrogen and oxygen atoms in total. The third kappa shape index (κ3) is 6.76. The Kier molecular flexibility index (Phi) is 7.38. The van der Waals surface area contributed by atoms with Crippen LogP contribution in [0.2, 0.25) is 0 Å². The summed E-state index contributed by atoms with van der Waals surface area (Å²) < 4.78 is 0. The quantitative estimate of drug-likeness (QED) is 0.756. The van der Waals surface area contributed by atoms with Crippen molar-refractivity contribution in [1.29, 1.82) is 0 Å². The van der Waals surface area contributed by atoms with Gasteiger partial charge >= 0.3 is 0 Å². The van der Waals surface area contributed by atoms with E-state index < -0.39 is 0 Å². The number of rotatable bonds is 7. The Bertz CT molecular complexity index is 239. The van der Waals surface area contributed by atoms with Crippen molar-refractivity contribution in [3.8, 4) is 0 Å². The summed E-state index contributed by atoms with van der Waals surface area (Å²) in [6.07, 6.45) is 5.47. The number of nitrogens with one attached hydrogen (secondary N) is 1. The molecule has 1 aliphatic rings. The van der Waals surface area contributed by atoms with Gasteiger partial charge < -0.3 is 10.2 Å². The molecule has 0 aromatic heterocycles. The van der Waals surface area contributed by atoms with Crippen LogP contribution in [0.1, 0.15) is 60.3 Å². The van der Waals surface area contributed by atoms with Crippen molar-refractivity contribution in [3.63, 3.8) is 0 Å². The summed E-state index contributed by atoms with van der Waals surface area (Å²) in [4.78, 5) is 2.71. The topological polar surface area (TPSA) is 15.3 Å². The van der Waals surface area contributed by atoms with Crippen molar-refractivity contribution in [3.05, 3.63) is 0 Å². The highest BCUT2D eigenvalue weighted by molar-refractivity contribution is 4.81. The number of likely N-dealkylation sites (tertiary alicyclic amines) is 1. The normalized spacial score (nSPS) is 25.3. The third-order valence-corrected chi connectivity index (χ3v) is 4.67. The van der Waals surface area contributed by atoms with Crippen LogP contribution in [0.4, 0.5) is 0 Å². The second kappa shape index (κ2) is 8.26. The number of nitrogens with zero attached hydrogens (tertiary/aromatic N) is 1. The highest BCUT2D eigenvalue weighted by Crippen LogP contribution is 2.24. The molecule has 0 amide bonds. The summed E-state index contributed by atoms with van der Waals surface area (Å²) in [6, 6.07) is 0. The molecule has 1 saturated heterocycles. The monoisotopic (exact) mass is 268 g/mol. The van der Waals surface area contributed by atoms with Gasteiger partial charge in [-0.15, -0.1) is 0 Å². The van der Waals surface area contributed by atoms with Gasteiger partial charge in [0.15, 0.2) is 0 Å². The van der Waals surface area contributed by atoms with Crippen LogP contribution in [-0.2, 0) is 0 Å². The lowest BCUT2D eigenvalue weighted by Gasteiger charge is -2.35. The minimum Gasteiger partial charge on any atom is -0.316 e. The standard InChI is InChI=1S/C17H36N2/c1-6-17(5,13-18-12-15(2)3)14-19-10-7-8-16(4)9-11-19/h15-16,18H,6-14H2,1-5H3. The Morgan fingerprint density at radius 2 is 2.00 bits per heavy atom. The minimum absolute atomic E-state index is 0.433. The average molecular weight is 268 g/mol.